The largest absolute Gasteiger partial charge is 0.368 e. The van der Waals surface area contributed by atoms with Crippen LogP contribution in [-0.2, 0) is 6.54 Å². The first-order valence-electron chi connectivity index (χ1n) is 13.1. The number of benzene rings is 2. The summed E-state index contributed by atoms with van der Waals surface area (Å²) in [7, 11) is 0. The number of aryl methyl sites for hydroxylation is 1. The smallest absolute Gasteiger partial charge is 0.220 e. The molecule has 6 heteroatoms. The molecular formula is C30H36N6. The summed E-state index contributed by atoms with van der Waals surface area (Å²) in [5.41, 5.74) is 15.5. The first-order valence-corrected chi connectivity index (χ1v) is 13.1. The van der Waals surface area contributed by atoms with Crippen LogP contribution in [0.15, 0.2) is 48.8 Å². The molecular weight excluding hydrogens is 444 g/mol. The zero-order valence-electron chi connectivity index (χ0n) is 21.7. The lowest BCUT2D eigenvalue weighted by molar-refractivity contribution is 0.117. The number of nitrogens with two attached hydrogens (primary N) is 1. The summed E-state index contributed by atoms with van der Waals surface area (Å²) < 4.78 is 0. The Kier molecular flexibility index (Phi) is 5.61. The lowest BCUT2D eigenvalue weighted by Gasteiger charge is -2.42. The van der Waals surface area contributed by atoms with Crippen LogP contribution in [0.3, 0.4) is 0 Å². The number of piperazine rings is 1. The third-order valence-corrected chi connectivity index (χ3v) is 7.47. The molecule has 36 heavy (non-hydrogen) atoms. The average Bonchev–Trinajstić information content (AvgIpc) is 3.57. The number of anilines is 1. The van der Waals surface area contributed by atoms with Crippen molar-refractivity contribution in [2.24, 2.45) is 0 Å². The molecule has 1 aliphatic heterocycles. The van der Waals surface area contributed by atoms with Gasteiger partial charge in [0.2, 0.25) is 5.95 Å². The van der Waals surface area contributed by atoms with Gasteiger partial charge in [0, 0.05) is 65.6 Å². The molecule has 1 saturated heterocycles. The molecule has 0 radical (unpaired) electrons. The van der Waals surface area contributed by atoms with Gasteiger partial charge >= 0.3 is 0 Å². The van der Waals surface area contributed by atoms with E-state index in [1.807, 2.05) is 12.4 Å². The van der Waals surface area contributed by atoms with Gasteiger partial charge in [0.15, 0.2) is 0 Å². The lowest BCUT2D eigenvalue weighted by Crippen LogP contribution is -2.60. The van der Waals surface area contributed by atoms with Crippen molar-refractivity contribution in [3.05, 3.63) is 65.5 Å². The minimum Gasteiger partial charge on any atom is -0.368 e. The molecule has 4 N–H and O–H groups in total. The highest BCUT2D eigenvalue weighted by Crippen LogP contribution is 2.43. The monoisotopic (exact) mass is 480 g/mol. The van der Waals surface area contributed by atoms with E-state index in [1.165, 1.54) is 35.1 Å². The molecule has 2 fully saturated rings. The van der Waals surface area contributed by atoms with Crippen LogP contribution in [0.5, 0.6) is 0 Å². The second kappa shape index (κ2) is 8.71. The quantitative estimate of drug-likeness (QED) is 0.345. The van der Waals surface area contributed by atoms with Gasteiger partial charge in [0.25, 0.3) is 0 Å². The van der Waals surface area contributed by atoms with E-state index in [0.29, 0.717) is 17.9 Å². The molecule has 1 atom stereocenters. The summed E-state index contributed by atoms with van der Waals surface area (Å²) in [6, 6.07) is 14.1. The summed E-state index contributed by atoms with van der Waals surface area (Å²) in [5.74, 6) is 0.960. The first-order chi connectivity index (χ1) is 17.2. The van der Waals surface area contributed by atoms with Crippen LogP contribution < -0.4 is 11.1 Å². The topological polar surface area (TPSA) is 82.9 Å². The van der Waals surface area contributed by atoms with E-state index in [9.17, 15) is 0 Å². The van der Waals surface area contributed by atoms with Crippen molar-refractivity contribution in [3.63, 3.8) is 0 Å². The molecule has 3 heterocycles. The number of nitrogens with zero attached hydrogens (tertiary/aromatic N) is 3. The number of aromatic nitrogens is 3. The van der Waals surface area contributed by atoms with Crippen LogP contribution in [-0.4, -0.2) is 44.5 Å². The van der Waals surface area contributed by atoms with E-state index in [4.69, 9.17) is 10.7 Å². The Labute approximate surface area is 213 Å². The fourth-order valence-electron chi connectivity index (χ4n) is 6.01. The van der Waals surface area contributed by atoms with Crippen molar-refractivity contribution < 1.29 is 0 Å². The Morgan fingerprint density at radius 2 is 1.94 bits per heavy atom. The minimum atomic E-state index is 0.111. The van der Waals surface area contributed by atoms with Gasteiger partial charge in [0.1, 0.15) is 0 Å². The second-order valence-corrected chi connectivity index (χ2v) is 11.6. The third-order valence-electron chi connectivity index (χ3n) is 7.47. The van der Waals surface area contributed by atoms with E-state index in [-0.39, 0.29) is 5.54 Å². The van der Waals surface area contributed by atoms with E-state index >= 15 is 0 Å². The number of rotatable bonds is 5. The van der Waals surface area contributed by atoms with Crippen LogP contribution in [0.1, 0.15) is 56.2 Å². The molecule has 1 saturated carbocycles. The van der Waals surface area contributed by atoms with Gasteiger partial charge < -0.3 is 16.0 Å². The van der Waals surface area contributed by atoms with E-state index in [2.05, 4.69) is 84.3 Å². The zero-order valence-corrected chi connectivity index (χ0v) is 21.7. The van der Waals surface area contributed by atoms with Crippen LogP contribution in [0.4, 0.5) is 5.95 Å². The number of fused-ring (bicyclic) bond motifs is 1. The fraction of sp³-hybridized carbons (Fsp3) is 0.400. The summed E-state index contributed by atoms with van der Waals surface area (Å²) >= 11 is 0. The number of nitrogens with one attached hydrogen (secondary N) is 2. The number of hydrogen-bond donors (Lipinski definition) is 3. The van der Waals surface area contributed by atoms with Crippen LogP contribution in [0, 0.1) is 6.92 Å². The van der Waals surface area contributed by atoms with Gasteiger partial charge in [-0.1, -0.05) is 24.3 Å². The normalized spacial score (nSPS) is 20.2. The van der Waals surface area contributed by atoms with Gasteiger partial charge in [-0.05, 0) is 80.8 Å². The van der Waals surface area contributed by atoms with Crippen molar-refractivity contribution in [1.82, 2.24) is 25.2 Å². The highest BCUT2D eigenvalue weighted by molar-refractivity contribution is 5.98. The molecule has 6 nitrogen and oxygen atoms in total. The average molecular weight is 481 g/mol. The molecule has 6 rings (SSSR count). The minimum absolute atomic E-state index is 0.111. The maximum absolute atomic E-state index is 6.11. The van der Waals surface area contributed by atoms with Crippen molar-refractivity contribution in [3.8, 4) is 22.4 Å². The second-order valence-electron chi connectivity index (χ2n) is 11.6. The number of H-pyrrole nitrogens is 1. The fourth-order valence-corrected chi connectivity index (χ4v) is 6.01. The molecule has 2 aliphatic rings. The van der Waals surface area contributed by atoms with Crippen molar-refractivity contribution in [2.75, 3.05) is 18.8 Å². The summed E-state index contributed by atoms with van der Waals surface area (Å²) in [6.07, 6.45) is 6.49. The predicted molar refractivity (Wildman–Crippen MR) is 148 cm³/mol. The molecule has 1 unspecified atom stereocenters. The molecule has 0 spiro atoms. The molecule has 2 aromatic carbocycles. The molecule has 4 aromatic rings. The zero-order chi connectivity index (χ0) is 25.0. The molecule has 1 aliphatic carbocycles. The summed E-state index contributed by atoms with van der Waals surface area (Å²) in [5, 5.41) is 4.87. The van der Waals surface area contributed by atoms with Crippen LogP contribution >= 0.6 is 0 Å². The van der Waals surface area contributed by atoms with Gasteiger partial charge in [-0.2, -0.15) is 0 Å². The van der Waals surface area contributed by atoms with Gasteiger partial charge in [-0.25, -0.2) is 9.97 Å². The van der Waals surface area contributed by atoms with E-state index < -0.39 is 0 Å². The molecule has 0 amide bonds. The molecule has 2 aromatic heterocycles. The predicted octanol–water partition coefficient (Wildman–Crippen LogP) is 5.63. The molecule has 186 valence electrons. The van der Waals surface area contributed by atoms with Gasteiger partial charge in [-0.15, -0.1) is 0 Å². The van der Waals surface area contributed by atoms with Crippen LogP contribution in [0.25, 0.3) is 33.3 Å². The Bertz CT molecular complexity index is 1430. The van der Waals surface area contributed by atoms with Crippen molar-refractivity contribution in [2.45, 2.75) is 64.6 Å². The van der Waals surface area contributed by atoms with Crippen molar-refractivity contribution >= 4 is 16.9 Å². The first kappa shape index (κ1) is 23.2. The maximum atomic E-state index is 6.11. The Balaban J connectivity index is 1.43. The number of nitrogen functional groups attached to an aromatic ring is 1. The van der Waals surface area contributed by atoms with Crippen molar-refractivity contribution in [1.29, 1.82) is 0 Å². The van der Waals surface area contributed by atoms with Crippen LogP contribution in [0.2, 0.25) is 0 Å². The Morgan fingerprint density at radius 3 is 2.72 bits per heavy atom. The lowest BCUT2D eigenvalue weighted by atomic mass is 9.94. The SMILES string of the molecule is Cc1ccc2c(-c3nc(N)ncc3-c3cc(CN4CC(C)NC(C)(C)C4)cc(C4CC4)c3)c[nH]c2c1. The standard InChI is InChI=1S/C30H36N6/c1-18-5-8-24-26(14-32-27(24)9-18)28-25(13-33-29(31)34-28)23-11-20(10-22(12-23)21-6-7-21)16-36-15-19(2)35-30(3,4)17-36/h5,8-14,19,21,32,35H,6-7,15-17H2,1-4H3,(H2,31,33,34). The van der Waals surface area contributed by atoms with E-state index in [0.717, 1.165) is 47.4 Å². The van der Waals surface area contributed by atoms with Gasteiger partial charge in [-0.3, -0.25) is 4.90 Å². The highest BCUT2D eigenvalue weighted by Gasteiger charge is 2.30. The number of aromatic amines is 1. The number of hydrogen-bond acceptors (Lipinski definition) is 5. The molecule has 0 bridgehead atoms. The maximum Gasteiger partial charge on any atom is 0.220 e. The third kappa shape index (κ3) is 4.63. The summed E-state index contributed by atoms with van der Waals surface area (Å²) in [4.78, 5) is 15.2. The highest BCUT2D eigenvalue weighted by atomic mass is 15.2. The summed E-state index contributed by atoms with van der Waals surface area (Å²) in [6.45, 7) is 12.0. The Hall–Kier alpha value is -3.22. The van der Waals surface area contributed by atoms with Gasteiger partial charge in [0.05, 0.1) is 5.69 Å². The van der Waals surface area contributed by atoms with E-state index in [1.54, 1.807) is 0 Å². The Morgan fingerprint density at radius 1 is 1.11 bits per heavy atom.